The van der Waals surface area contributed by atoms with E-state index in [0.29, 0.717) is 11.6 Å². The molecular weight excluding hydrogens is 292 g/mol. The van der Waals surface area contributed by atoms with Gasteiger partial charge in [0.2, 0.25) is 5.91 Å². The van der Waals surface area contributed by atoms with Crippen LogP contribution in [0.15, 0.2) is 47.8 Å². The molecule has 0 saturated heterocycles. The molecule has 3 aromatic rings. The van der Waals surface area contributed by atoms with Crippen LogP contribution in [-0.4, -0.2) is 10.9 Å². The third kappa shape index (κ3) is 3.17. The summed E-state index contributed by atoms with van der Waals surface area (Å²) >= 11 is 1.47. The monoisotopic (exact) mass is 310 g/mol. The summed E-state index contributed by atoms with van der Waals surface area (Å²) in [5.41, 5.74) is 2.01. The summed E-state index contributed by atoms with van der Waals surface area (Å²) in [4.78, 5) is 16.4. The normalized spacial score (nSPS) is 10.8. The number of carbonyl (C=O) groups is 1. The van der Waals surface area contributed by atoms with E-state index in [1.54, 1.807) is 0 Å². The lowest BCUT2D eigenvalue weighted by molar-refractivity contribution is -0.116. The van der Waals surface area contributed by atoms with Gasteiger partial charge in [-0.3, -0.25) is 4.79 Å². The van der Waals surface area contributed by atoms with Crippen molar-refractivity contribution in [3.8, 4) is 11.3 Å². The zero-order valence-electron chi connectivity index (χ0n) is 12.5. The standard InChI is InChI=1S/C18H18N2OS/c1-2-3-11-17(21)20-18-19-16(12-22-18)15-10-6-8-13-7-4-5-9-14(13)15/h4-10,12H,2-3,11H2,1H3,(H,19,20,21). The molecule has 0 aliphatic carbocycles. The van der Waals surface area contributed by atoms with E-state index in [1.165, 1.54) is 22.1 Å². The van der Waals surface area contributed by atoms with E-state index in [9.17, 15) is 4.79 Å². The summed E-state index contributed by atoms with van der Waals surface area (Å²) in [6, 6.07) is 14.5. The number of thiazole rings is 1. The number of benzene rings is 2. The van der Waals surface area contributed by atoms with Crippen LogP contribution in [0.3, 0.4) is 0 Å². The van der Waals surface area contributed by atoms with Crippen molar-refractivity contribution in [2.75, 3.05) is 5.32 Å². The molecule has 1 amide bonds. The second-order valence-electron chi connectivity index (χ2n) is 5.22. The van der Waals surface area contributed by atoms with E-state index in [0.717, 1.165) is 24.1 Å². The highest BCUT2D eigenvalue weighted by Gasteiger charge is 2.09. The Bertz CT molecular complexity index is 789. The second-order valence-corrected chi connectivity index (χ2v) is 6.07. The van der Waals surface area contributed by atoms with Crippen LogP contribution in [0.1, 0.15) is 26.2 Å². The molecular formula is C18H18N2OS. The lowest BCUT2D eigenvalue weighted by Crippen LogP contribution is -2.10. The first-order chi connectivity index (χ1) is 10.8. The Kier molecular flexibility index (Phi) is 4.49. The molecule has 0 fully saturated rings. The molecule has 112 valence electrons. The average molecular weight is 310 g/mol. The van der Waals surface area contributed by atoms with E-state index in [4.69, 9.17) is 0 Å². The van der Waals surface area contributed by atoms with Crippen molar-refractivity contribution in [1.82, 2.24) is 4.98 Å². The molecule has 4 heteroatoms. The van der Waals surface area contributed by atoms with Gasteiger partial charge < -0.3 is 5.32 Å². The summed E-state index contributed by atoms with van der Waals surface area (Å²) in [5, 5.41) is 7.93. The summed E-state index contributed by atoms with van der Waals surface area (Å²) in [5.74, 6) is 0.0423. The number of amides is 1. The third-order valence-electron chi connectivity index (χ3n) is 3.57. The quantitative estimate of drug-likeness (QED) is 0.713. The van der Waals surface area contributed by atoms with Gasteiger partial charge >= 0.3 is 0 Å². The first-order valence-electron chi connectivity index (χ1n) is 7.51. The number of rotatable bonds is 5. The number of unbranched alkanes of at least 4 members (excludes halogenated alkanes) is 1. The van der Waals surface area contributed by atoms with Crippen molar-refractivity contribution in [2.45, 2.75) is 26.2 Å². The Morgan fingerprint density at radius 1 is 1.18 bits per heavy atom. The second kappa shape index (κ2) is 6.71. The van der Waals surface area contributed by atoms with Crippen molar-refractivity contribution in [3.05, 3.63) is 47.8 Å². The zero-order valence-corrected chi connectivity index (χ0v) is 13.3. The van der Waals surface area contributed by atoms with Gasteiger partial charge in [0.15, 0.2) is 5.13 Å². The van der Waals surface area contributed by atoms with E-state index < -0.39 is 0 Å². The maximum atomic E-state index is 11.8. The minimum atomic E-state index is 0.0423. The fraction of sp³-hybridized carbons (Fsp3) is 0.222. The molecule has 0 radical (unpaired) electrons. The fourth-order valence-corrected chi connectivity index (χ4v) is 3.15. The molecule has 0 saturated carbocycles. The predicted molar refractivity (Wildman–Crippen MR) is 93.2 cm³/mol. The molecule has 0 atom stereocenters. The minimum absolute atomic E-state index is 0.0423. The summed E-state index contributed by atoms with van der Waals surface area (Å²) in [6.45, 7) is 2.08. The third-order valence-corrected chi connectivity index (χ3v) is 4.33. The Labute approximate surface area is 134 Å². The van der Waals surface area contributed by atoms with Gasteiger partial charge in [-0.25, -0.2) is 4.98 Å². The van der Waals surface area contributed by atoms with Crippen molar-refractivity contribution in [1.29, 1.82) is 0 Å². The highest BCUT2D eigenvalue weighted by Crippen LogP contribution is 2.30. The Morgan fingerprint density at radius 2 is 2.00 bits per heavy atom. The van der Waals surface area contributed by atoms with Crippen molar-refractivity contribution in [2.24, 2.45) is 0 Å². The molecule has 1 aromatic heterocycles. The van der Waals surface area contributed by atoms with Crippen LogP contribution in [0.25, 0.3) is 22.0 Å². The molecule has 0 aliphatic rings. The zero-order chi connectivity index (χ0) is 15.4. The van der Waals surface area contributed by atoms with Crippen LogP contribution in [0.4, 0.5) is 5.13 Å². The first kappa shape index (κ1) is 14.7. The molecule has 0 bridgehead atoms. The predicted octanol–water partition coefficient (Wildman–Crippen LogP) is 5.09. The molecule has 2 aromatic carbocycles. The van der Waals surface area contributed by atoms with Gasteiger partial charge in [0.25, 0.3) is 0 Å². The van der Waals surface area contributed by atoms with E-state index >= 15 is 0 Å². The Morgan fingerprint density at radius 3 is 2.86 bits per heavy atom. The van der Waals surface area contributed by atoms with Gasteiger partial charge in [0, 0.05) is 17.4 Å². The van der Waals surface area contributed by atoms with Gasteiger partial charge in [0.05, 0.1) is 5.69 Å². The molecule has 0 unspecified atom stereocenters. The fourth-order valence-electron chi connectivity index (χ4n) is 2.42. The van der Waals surface area contributed by atoms with E-state index in [-0.39, 0.29) is 5.91 Å². The molecule has 1 N–H and O–H groups in total. The number of aromatic nitrogens is 1. The van der Waals surface area contributed by atoms with E-state index in [1.807, 2.05) is 23.6 Å². The van der Waals surface area contributed by atoms with Crippen LogP contribution in [0, 0.1) is 0 Å². The molecule has 0 aliphatic heterocycles. The van der Waals surface area contributed by atoms with Crippen LogP contribution in [0.2, 0.25) is 0 Å². The van der Waals surface area contributed by atoms with Gasteiger partial charge in [-0.15, -0.1) is 11.3 Å². The summed E-state index contributed by atoms with van der Waals surface area (Å²) < 4.78 is 0. The highest BCUT2D eigenvalue weighted by atomic mass is 32.1. The lowest BCUT2D eigenvalue weighted by atomic mass is 10.0. The molecule has 0 spiro atoms. The number of fused-ring (bicyclic) bond motifs is 1. The average Bonchev–Trinajstić information content (AvgIpc) is 3.00. The number of anilines is 1. The minimum Gasteiger partial charge on any atom is -0.302 e. The first-order valence-corrected chi connectivity index (χ1v) is 8.39. The van der Waals surface area contributed by atoms with Crippen LogP contribution < -0.4 is 5.32 Å². The number of hydrogen-bond donors (Lipinski definition) is 1. The lowest BCUT2D eigenvalue weighted by Gasteiger charge is -2.03. The van der Waals surface area contributed by atoms with Gasteiger partial charge in [0.1, 0.15) is 0 Å². The number of nitrogens with zero attached hydrogens (tertiary/aromatic N) is 1. The number of nitrogens with one attached hydrogen (secondary N) is 1. The van der Waals surface area contributed by atoms with Crippen LogP contribution in [-0.2, 0) is 4.79 Å². The summed E-state index contributed by atoms with van der Waals surface area (Å²) in [7, 11) is 0. The Balaban J connectivity index is 1.85. The SMILES string of the molecule is CCCCC(=O)Nc1nc(-c2cccc3ccccc23)cs1. The van der Waals surface area contributed by atoms with Gasteiger partial charge in [-0.05, 0) is 17.2 Å². The molecule has 1 heterocycles. The van der Waals surface area contributed by atoms with Gasteiger partial charge in [-0.1, -0.05) is 55.8 Å². The molecule has 3 nitrogen and oxygen atoms in total. The smallest absolute Gasteiger partial charge is 0.226 e. The van der Waals surface area contributed by atoms with Crippen LogP contribution >= 0.6 is 11.3 Å². The van der Waals surface area contributed by atoms with Gasteiger partial charge in [-0.2, -0.15) is 0 Å². The largest absolute Gasteiger partial charge is 0.302 e. The maximum absolute atomic E-state index is 11.8. The van der Waals surface area contributed by atoms with E-state index in [2.05, 4.69) is 41.5 Å². The van der Waals surface area contributed by atoms with Crippen molar-refractivity contribution in [3.63, 3.8) is 0 Å². The maximum Gasteiger partial charge on any atom is 0.226 e. The highest BCUT2D eigenvalue weighted by molar-refractivity contribution is 7.14. The topological polar surface area (TPSA) is 42.0 Å². The number of carbonyl (C=O) groups excluding carboxylic acids is 1. The molecule has 3 rings (SSSR count). The number of hydrogen-bond acceptors (Lipinski definition) is 3. The summed E-state index contributed by atoms with van der Waals surface area (Å²) in [6.07, 6.45) is 2.49. The Hall–Kier alpha value is -2.20. The van der Waals surface area contributed by atoms with Crippen molar-refractivity contribution >= 4 is 33.1 Å². The molecule has 22 heavy (non-hydrogen) atoms. The van der Waals surface area contributed by atoms with Crippen molar-refractivity contribution < 1.29 is 4.79 Å². The van der Waals surface area contributed by atoms with Crippen LogP contribution in [0.5, 0.6) is 0 Å².